The van der Waals surface area contributed by atoms with Gasteiger partial charge in [0.1, 0.15) is 5.75 Å². The van der Waals surface area contributed by atoms with E-state index >= 15 is 0 Å². The number of nitrogens with one attached hydrogen (secondary N) is 2. The standard InChI is InChI=1S/C21H26N2O4/c1-3-4-12-27-19-10-6-8-17(15-19)21(25)23-18-9-5-7-16(14-18)20(24)22-11-13-26-2/h5-10,14-15H,3-4,11-13H2,1-2H3,(H,22,24)(H,23,25). The molecule has 6 heteroatoms. The van der Waals surface area contributed by atoms with E-state index in [1.54, 1.807) is 49.6 Å². The molecule has 0 atom stereocenters. The van der Waals surface area contributed by atoms with Crippen LogP contribution in [0, 0.1) is 0 Å². The minimum Gasteiger partial charge on any atom is -0.494 e. The second kappa shape index (κ2) is 11.0. The summed E-state index contributed by atoms with van der Waals surface area (Å²) in [5.74, 6) is 0.199. The van der Waals surface area contributed by atoms with Crippen LogP contribution >= 0.6 is 0 Å². The zero-order valence-electron chi connectivity index (χ0n) is 15.8. The van der Waals surface area contributed by atoms with Crippen LogP contribution in [0.25, 0.3) is 0 Å². The zero-order valence-corrected chi connectivity index (χ0v) is 15.8. The fourth-order valence-electron chi connectivity index (χ4n) is 2.37. The van der Waals surface area contributed by atoms with Gasteiger partial charge in [-0.3, -0.25) is 9.59 Å². The van der Waals surface area contributed by atoms with Gasteiger partial charge in [0.15, 0.2) is 0 Å². The van der Waals surface area contributed by atoms with Crippen LogP contribution in [0.5, 0.6) is 5.75 Å². The smallest absolute Gasteiger partial charge is 0.255 e. The van der Waals surface area contributed by atoms with Gasteiger partial charge in [-0.05, 0) is 42.8 Å². The first-order valence-corrected chi connectivity index (χ1v) is 9.05. The third-order valence-electron chi connectivity index (χ3n) is 3.84. The number of anilines is 1. The first kappa shape index (κ1) is 20.5. The summed E-state index contributed by atoms with van der Waals surface area (Å²) in [4.78, 5) is 24.6. The lowest BCUT2D eigenvalue weighted by atomic mass is 10.1. The van der Waals surface area contributed by atoms with Gasteiger partial charge in [0.25, 0.3) is 11.8 Å². The highest BCUT2D eigenvalue weighted by molar-refractivity contribution is 6.05. The molecule has 2 aromatic carbocycles. The summed E-state index contributed by atoms with van der Waals surface area (Å²) < 4.78 is 10.6. The van der Waals surface area contributed by atoms with Gasteiger partial charge in [0.2, 0.25) is 0 Å². The Morgan fingerprint density at radius 1 is 0.963 bits per heavy atom. The Morgan fingerprint density at radius 2 is 1.70 bits per heavy atom. The first-order valence-electron chi connectivity index (χ1n) is 9.05. The molecule has 6 nitrogen and oxygen atoms in total. The van der Waals surface area contributed by atoms with E-state index in [1.807, 2.05) is 6.07 Å². The molecule has 0 aliphatic rings. The van der Waals surface area contributed by atoms with Crippen molar-refractivity contribution in [1.82, 2.24) is 5.32 Å². The van der Waals surface area contributed by atoms with Crippen LogP contribution in [0.1, 0.15) is 40.5 Å². The van der Waals surface area contributed by atoms with E-state index in [1.165, 1.54) is 0 Å². The maximum Gasteiger partial charge on any atom is 0.255 e. The number of amides is 2. The Morgan fingerprint density at radius 3 is 2.44 bits per heavy atom. The lowest BCUT2D eigenvalue weighted by Crippen LogP contribution is -2.27. The lowest BCUT2D eigenvalue weighted by Gasteiger charge is -2.10. The molecule has 0 radical (unpaired) electrons. The molecular formula is C21H26N2O4. The van der Waals surface area contributed by atoms with E-state index in [0.29, 0.717) is 42.3 Å². The van der Waals surface area contributed by atoms with Crippen molar-refractivity contribution in [3.8, 4) is 5.75 Å². The molecule has 0 aliphatic heterocycles. The quantitative estimate of drug-likeness (QED) is 0.628. The molecule has 2 amide bonds. The van der Waals surface area contributed by atoms with Gasteiger partial charge in [-0.15, -0.1) is 0 Å². The largest absolute Gasteiger partial charge is 0.494 e. The van der Waals surface area contributed by atoms with Crippen molar-refractivity contribution in [1.29, 1.82) is 0 Å². The number of hydrogen-bond acceptors (Lipinski definition) is 4. The molecule has 144 valence electrons. The second-order valence-electron chi connectivity index (χ2n) is 6.01. The molecule has 0 heterocycles. The maximum absolute atomic E-state index is 12.5. The van der Waals surface area contributed by atoms with Crippen LogP contribution in [0.4, 0.5) is 5.69 Å². The topological polar surface area (TPSA) is 76.7 Å². The molecular weight excluding hydrogens is 344 g/mol. The summed E-state index contributed by atoms with van der Waals surface area (Å²) in [6.45, 7) is 3.59. The minimum absolute atomic E-state index is 0.213. The molecule has 2 rings (SSSR count). The Labute approximate surface area is 159 Å². The van der Waals surface area contributed by atoms with Crippen molar-refractivity contribution in [3.63, 3.8) is 0 Å². The number of rotatable bonds is 10. The SMILES string of the molecule is CCCCOc1cccc(C(=O)Nc2cccc(C(=O)NCCOC)c2)c1. The average molecular weight is 370 g/mol. The third kappa shape index (κ3) is 6.75. The van der Waals surface area contributed by atoms with E-state index in [4.69, 9.17) is 9.47 Å². The molecule has 27 heavy (non-hydrogen) atoms. The Kier molecular flexibility index (Phi) is 8.32. The number of benzene rings is 2. The summed E-state index contributed by atoms with van der Waals surface area (Å²) in [6, 6.07) is 13.9. The summed E-state index contributed by atoms with van der Waals surface area (Å²) in [5, 5.41) is 5.57. The molecule has 0 saturated heterocycles. The van der Waals surface area contributed by atoms with Gasteiger partial charge in [0, 0.05) is 30.5 Å². The Balaban J connectivity index is 2.00. The fraction of sp³-hybridized carbons (Fsp3) is 0.333. The van der Waals surface area contributed by atoms with Crippen molar-refractivity contribution in [2.24, 2.45) is 0 Å². The van der Waals surface area contributed by atoms with Crippen LogP contribution < -0.4 is 15.4 Å². The molecule has 0 unspecified atom stereocenters. The van der Waals surface area contributed by atoms with Gasteiger partial charge in [-0.1, -0.05) is 25.5 Å². The summed E-state index contributed by atoms with van der Waals surface area (Å²) in [6.07, 6.45) is 2.02. The number of unbranched alkanes of at least 4 members (excludes halogenated alkanes) is 1. The fourth-order valence-corrected chi connectivity index (χ4v) is 2.37. The molecule has 0 fully saturated rings. The first-order chi connectivity index (χ1) is 13.1. The summed E-state index contributed by atoms with van der Waals surface area (Å²) >= 11 is 0. The number of carbonyl (C=O) groups is 2. The lowest BCUT2D eigenvalue weighted by molar-refractivity contribution is 0.0936. The molecule has 0 aromatic heterocycles. The van der Waals surface area contributed by atoms with E-state index < -0.39 is 0 Å². The molecule has 0 aliphatic carbocycles. The highest BCUT2D eigenvalue weighted by Gasteiger charge is 2.10. The van der Waals surface area contributed by atoms with Crippen molar-refractivity contribution >= 4 is 17.5 Å². The highest BCUT2D eigenvalue weighted by Crippen LogP contribution is 2.17. The molecule has 0 spiro atoms. The highest BCUT2D eigenvalue weighted by atomic mass is 16.5. The van der Waals surface area contributed by atoms with Crippen molar-refractivity contribution in [2.75, 3.05) is 32.2 Å². The van der Waals surface area contributed by atoms with Crippen molar-refractivity contribution in [3.05, 3.63) is 59.7 Å². The number of hydrogen-bond donors (Lipinski definition) is 2. The normalized spacial score (nSPS) is 10.3. The summed E-state index contributed by atoms with van der Waals surface area (Å²) in [7, 11) is 1.58. The third-order valence-corrected chi connectivity index (χ3v) is 3.84. The van der Waals surface area contributed by atoms with Gasteiger partial charge < -0.3 is 20.1 Å². The number of methoxy groups -OCH3 is 1. The zero-order chi connectivity index (χ0) is 19.5. The van der Waals surface area contributed by atoms with Crippen molar-refractivity contribution < 1.29 is 19.1 Å². The van der Waals surface area contributed by atoms with Crippen LogP contribution in [0.15, 0.2) is 48.5 Å². The van der Waals surface area contributed by atoms with Crippen LogP contribution in [-0.2, 0) is 4.74 Å². The number of ether oxygens (including phenoxy) is 2. The van der Waals surface area contributed by atoms with E-state index in [9.17, 15) is 9.59 Å². The van der Waals surface area contributed by atoms with E-state index in [0.717, 1.165) is 12.8 Å². The molecule has 0 saturated carbocycles. The number of carbonyl (C=O) groups excluding carboxylic acids is 2. The Hall–Kier alpha value is -2.86. The van der Waals surface area contributed by atoms with E-state index in [2.05, 4.69) is 17.6 Å². The molecule has 0 bridgehead atoms. The summed E-state index contributed by atoms with van der Waals surface area (Å²) in [5.41, 5.74) is 1.52. The predicted molar refractivity (Wildman–Crippen MR) is 105 cm³/mol. The van der Waals surface area contributed by atoms with E-state index in [-0.39, 0.29) is 11.8 Å². The van der Waals surface area contributed by atoms with Crippen LogP contribution in [0.3, 0.4) is 0 Å². The van der Waals surface area contributed by atoms with Gasteiger partial charge in [-0.25, -0.2) is 0 Å². The van der Waals surface area contributed by atoms with Crippen molar-refractivity contribution in [2.45, 2.75) is 19.8 Å². The second-order valence-corrected chi connectivity index (χ2v) is 6.01. The van der Waals surface area contributed by atoms with Gasteiger partial charge in [0.05, 0.1) is 13.2 Å². The van der Waals surface area contributed by atoms with Gasteiger partial charge >= 0.3 is 0 Å². The Bertz CT molecular complexity index is 761. The van der Waals surface area contributed by atoms with Crippen LogP contribution in [-0.4, -0.2) is 38.7 Å². The predicted octanol–water partition coefficient (Wildman–Crippen LogP) is 3.49. The monoisotopic (exact) mass is 370 g/mol. The van der Waals surface area contributed by atoms with Crippen LogP contribution in [0.2, 0.25) is 0 Å². The maximum atomic E-state index is 12.5. The molecule has 2 aromatic rings. The molecule has 2 N–H and O–H groups in total. The average Bonchev–Trinajstić information content (AvgIpc) is 2.69. The minimum atomic E-state index is -0.257. The van der Waals surface area contributed by atoms with Gasteiger partial charge in [-0.2, -0.15) is 0 Å².